The van der Waals surface area contributed by atoms with E-state index in [1.807, 2.05) is 20.0 Å². The molecule has 2 rings (SSSR count). The highest BCUT2D eigenvalue weighted by atomic mass is 16.1. The average Bonchev–Trinajstić information content (AvgIpc) is 2.74. The van der Waals surface area contributed by atoms with Crippen LogP contribution in [0.3, 0.4) is 0 Å². The molecule has 1 aromatic rings. The van der Waals surface area contributed by atoms with Crippen LogP contribution in [0.25, 0.3) is 0 Å². The molecule has 1 saturated heterocycles. The van der Waals surface area contributed by atoms with Crippen molar-refractivity contribution in [3.05, 3.63) is 17.5 Å². The van der Waals surface area contributed by atoms with Crippen molar-refractivity contribution in [1.82, 2.24) is 15.1 Å². The van der Waals surface area contributed by atoms with Gasteiger partial charge in [0.15, 0.2) is 0 Å². The molecular weight excluding hydrogens is 202 g/mol. The van der Waals surface area contributed by atoms with Gasteiger partial charge in [0, 0.05) is 31.1 Å². The third-order valence-electron chi connectivity index (χ3n) is 3.39. The normalized spacial score (nSPS) is 24.9. The maximum Gasteiger partial charge on any atom is 0.143 e. The molecule has 1 fully saturated rings. The summed E-state index contributed by atoms with van der Waals surface area (Å²) in [6, 6.07) is 2.31. The quantitative estimate of drug-likeness (QED) is 0.822. The molecule has 1 aromatic heterocycles. The number of rotatable bonds is 3. The van der Waals surface area contributed by atoms with Crippen molar-refractivity contribution in [2.45, 2.75) is 32.7 Å². The SMILES string of the molecule is Cc1cc(CC(=O)C2CCNC2C)n(C)n1. The van der Waals surface area contributed by atoms with Crippen molar-refractivity contribution in [3.8, 4) is 0 Å². The molecule has 2 heterocycles. The first kappa shape index (κ1) is 11.3. The summed E-state index contributed by atoms with van der Waals surface area (Å²) in [6.45, 7) is 5.00. The highest BCUT2D eigenvalue weighted by Crippen LogP contribution is 2.18. The molecule has 0 saturated carbocycles. The molecule has 0 spiro atoms. The molecule has 0 radical (unpaired) electrons. The van der Waals surface area contributed by atoms with Crippen molar-refractivity contribution in [2.24, 2.45) is 13.0 Å². The minimum Gasteiger partial charge on any atom is -0.314 e. The van der Waals surface area contributed by atoms with Crippen molar-refractivity contribution in [1.29, 1.82) is 0 Å². The molecule has 2 unspecified atom stereocenters. The van der Waals surface area contributed by atoms with Crippen LogP contribution < -0.4 is 5.32 Å². The molecule has 1 aliphatic heterocycles. The first-order valence-corrected chi connectivity index (χ1v) is 5.83. The van der Waals surface area contributed by atoms with E-state index in [-0.39, 0.29) is 5.92 Å². The molecule has 16 heavy (non-hydrogen) atoms. The van der Waals surface area contributed by atoms with Gasteiger partial charge in [0.25, 0.3) is 0 Å². The summed E-state index contributed by atoms with van der Waals surface area (Å²) in [5.74, 6) is 0.510. The van der Waals surface area contributed by atoms with Gasteiger partial charge in [0.05, 0.1) is 5.69 Å². The molecule has 0 amide bonds. The van der Waals surface area contributed by atoms with Gasteiger partial charge < -0.3 is 5.32 Å². The first-order chi connectivity index (χ1) is 7.58. The van der Waals surface area contributed by atoms with Crippen LogP contribution in [0.15, 0.2) is 6.07 Å². The molecule has 4 nitrogen and oxygen atoms in total. The molecular formula is C12H19N3O. The van der Waals surface area contributed by atoms with Crippen molar-refractivity contribution >= 4 is 5.78 Å². The standard InChI is InChI=1S/C12H19N3O/c1-8-6-10(15(3)14-8)7-12(16)11-4-5-13-9(11)2/h6,9,11,13H,4-5,7H2,1-3H3. The lowest BCUT2D eigenvalue weighted by atomic mass is 9.94. The van der Waals surface area contributed by atoms with E-state index in [2.05, 4.69) is 17.3 Å². The molecule has 1 aliphatic rings. The number of aromatic nitrogens is 2. The van der Waals surface area contributed by atoms with E-state index in [0.717, 1.165) is 24.4 Å². The van der Waals surface area contributed by atoms with Crippen LogP contribution in [0, 0.1) is 12.8 Å². The smallest absolute Gasteiger partial charge is 0.143 e. The van der Waals surface area contributed by atoms with Gasteiger partial charge in [-0.1, -0.05) is 0 Å². The molecule has 1 N–H and O–H groups in total. The molecule has 0 aliphatic carbocycles. The summed E-state index contributed by atoms with van der Waals surface area (Å²) in [6.07, 6.45) is 1.48. The Bertz CT molecular complexity index is 397. The maximum absolute atomic E-state index is 12.1. The summed E-state index contributed by atoms with van der Waals surface area (Å²) in [4.78, 5) is 12.1. The predicted molar refractivity (Wildman–Crippen MR) is 62.2 cm³/mol. The molecule has 4 heteroatoms. The van der Waals surface area contributed by atoms with Gasteiger partial charge in [-0.15, -0.1) is 0 Å². The Kier molecular flexibility index (Phi) is 3.10. The average molecular weight is 221 g/mol. The lowest BCUT2D eigenvalue weighted by Crippen LogP contribution is -2.29. The van der Waals surface area contributed by atoms with Crippen LogP contribution in [0.5, 0.6) is 0 Å². The van der Waals surface area contributed by atoms with E-state index < -0.39 is 0 Å². The number of ketones is 1. The zero-order valence-corrected chi connectivity index (χ0v) is 10.2. The van der Waals surface area contributed by atoms with Crippen LogP contribution in [0.1, 0.15) is 24.7 Å². The van der Waals surface area contributed by atoms with Crippen LogP contribution in [0.2, 0.25) is 0 Å². The second-order valence-electron chi connectivity index (χ2n) is 4.68. The third-order valence-corrected chi connectivity index (χ3v) is 3.39. The Labute approximate surface area is 96.0 Å². The third kappa shape index (κ3) is 2.16. The molecule has 0 bridgehead atoms. The Hall–Kier alpha value is -1.16. The Morgan fingerprint density at radius 1 is 1.69 bits per heavy atom. The monoisotopic (exact) mass is 221 g/mol. The molecule has 88 valence electrons. The summed E-state index contributed by atoms with van der Waals surface area (Å²) in [7, 11) is 1.89. The van der Waals surface area contributed by atoms with E-state index in [0.29, 0.717) is 18.2 Å². The largest absolute Gasteiger partial charge is 0.314 e. The Morgan fingerprint density at radius 3 is 2.94 bits per heavy atom. The van der Waals surface area contributed by atoms with Crippen molar-refractivity contribution in [2.75, 3.05) is 6.54 Å². The van der Waals surface area contributed by atoms with Gasteiger partial charge in [-0.25, -0.2) is 0 Å². The minimum atomic E-state index is 0.176. The fourth-order valence-electron chi connectivity index (χ4n) is 2.44. The fourth-order valence-corrected chi connectivity index (χ4v) is 2.44. The zero-order valence-electron chi connectivity index (χ0n) is 10.2. The molecule has 2 atom stereocenters. The van der Waals surface area contributed by atoms with Crippen LogP contribution in [0.4, 0.5) is 0 Å². The number of hydrogen-bond donors (Lipinski definition) is 1. The van der Waals surface area contributed by atoms with E-state index >= 15 is 0 Å². The van der Waals surface area contributed by atoms with Crippen molar-refractivity contribution in [3.63, 3.8) is 0 Å². The van der Waals surface area contributed by atoms with Gasteiger partial charge >= 0.3 is 0 Å². The van der Waals surface area contributed by atoms with Gasteiger partial charge in [-0.3, -0.25) is 9.48 Å². The number of nitrogens with zero attached hydrogens (tertiary/aromatic N) is 2. The first-order valence-electron chi connectivity index (χ1n) is 5.83. The summed E-state index contributed by atoms with van der Waals surface area (Å²) >= 11 is 0. The highest BCUT2D eigenvalue weighted by Gasteiger charge is 2.29. The summed E-state index contributed by atoms with van der Waals surface area (Å²) < 4.78 is 1.81. The van der Waals surface area contributed by atoms with Crippen LogP contribution in [-0.2, 0) is 18.3 Å². The molecule has 0 aromatic carbocycles. The topological polar surface area (TPSA) is 46.9 Å². The number of carbonyl (C=O) groups is 1. The fraction of sp³-hybridized carbons (Fsp3) is 0.667. The summed E-state index contributed by atoms with van der Waals surface area (Å²) in [5.41, 5.74) is 1.99. The van der Waals surface area contributed by atoms with Crippen LogP contribution >= 0.6 is 0 Å². The second-order valence-corrected chi connectivity index (χ2v) is 4.68. The van der Waals surface area contributed by atoms with E-state index in [1.54, 1.807) is 4.68 Å². The van der Waals surface area contributed by atoms with Gasteiger partial charge in [-0.2, -0.15) is 5.10 Å². The van der Waals surface area contributed by atoms with Crippen LogP contribution in [-0.4, -0.2) is 28.2 Å². The van der Waals surface area contributed by atoms with E-state index in [1.165, 1.54) is 0 Å². The maximum atomic E-state index is 12.1. The number of Topliss-reactive ketones (excluding diaryl/α,β-unsaturated/α-hetero) is 1. The number of carbonyl (C=O) groups excluding carboxylic acids is 1. The lowest BCUT2D eigenvalue weighted by molar-refractivity contribution is -0.122. The Morgan fingerprint density at radius 2 is 2.44 bits per heavy atom. The van der Waals surface area contributed by atoms with E-state index in [4.69, 9.17) is 0 Å². The Balaban J connectivity index is 2.04. The summed E-state index contributed by atoms with van der Waals surface area (Å²) in [5, 5.41) is 7.57. The number of hydrogen-bond acceptors (Lipinski definition) is 3. The predicted octanol–water partition coefficient (Wildman–Crippen LogP) is 0.838. The van der Waals surface area contributed by atoms with Crippen molar-refractivity contribution < 1.29 is 4.79 Å². The zero-order chi connectivity index (χ0) is 11.7. The number of nitrogens with one attached hydrogen (secondary N) is 1. The highest BCUT2D eigenvalue weighted by molar-refractivity contribution is 5.83. The van der Waals surface area contributed by atoms with Gasteiger partial charge in [0.1, 0.15) is 5.78 Å². The number of aryl methyl sites for hydroxylation is 2. The lowest BCUT2D eigenvalue weighted by Gasteiger charge is -2.13. The van der Waals surface area contributed by atoms with Gasteiger partial charge in [-0.05, 0) is 32.9 Å². The minimum absolute atomic E-state index is 0.176. The second kappa shape index (κ2) is 4.37. The van der Waals surface area contributed by atoms with E-state index in [9.17, 15) is 4.79 Å². The van der Waals surface area contributed by atoms with Gasteiger partial charge in [0.2, 0.25) is 0 Å².